The number of ether oxygens (including phenoxy) is 2. The minimum Gasteiger partial charge on any atom is -0.466 e. The van der Waals surface area contributed by atoms with E-state index < -0.39 is 35.5 Å². The number of halogens is 3. The number of rotatable bonds is 6. The molecule has 0 aliphatic carbocycles. The van der Waals surface area contributed by atoms with E-state index in [4.69, 9.17) is 9.47 Å². The average molecular weight is 575 g/mol. The van der Waals surface area contributed by atoms with Crippen molar-refractivity contribution in [2.24, 2.45) is 0 Å². The molecule has 0 saturated carbocycles. The fraction of sp³-hybridized carbons (Fsp3) is 0.429. The van der Waals surface area contributed by atoms with Crippen molar-refractivity contribution in [3.05, 3.63) is 63.1 Å². The van der Waals surface area contributed by atoms with E-state index in [0.29, 0.717) is 16.0 Å². The summed E-state index contributed by atoms with van der Waals surface area (Å²) in [5.74, 6) is -1.05. The largest absolute Gasteiger partial charge is 0.466 e. The third-order valence-corrected chi connectivity index (χ3v) is 7.26. The summed E-state index contributed by atoms with van der Waals surface area (Å²) in [7, 11) is 0. The van der Waals surface area contributed by atoms with Crippen molar-refractivity contribution in [1.82, 2.24) is 14.7 Å². The maximum absolute atomic E-state index is 14.2. The number of aromatic nitrogens is 2. The highest BCUT2D eigenvalue weighted by molar-refractivity contribution is 7.12. The van der Waals surface area contributed by atoms with Crippen LogP contribution in [0, 0.1) is 11.3 Å². The summed E-state index contributed by atoms with van der Waals surface area (Å²) >= 11 is 1.25. The van der Waals surface area contributed by atoms with Crippen LogP contribution in [0.3, 0.4) is 0 Å². The Kier molecular flexibility index (Phi) is 8.25. The van der Waals surface area contributed by atoms with Gasteiger partial charge in [-0.3, -0.25) is 9.48 Å². The minimum atomic E-state index is -4.76. The molecule has 1 aliphatic heterocycles. The predicted molar refractivity (Wildman–Crippen MR) is 141 cm³/mol. The van der Waals surface area contributed by atoms with Gasteiger partial charge in [0.25, 0.3) is 0 Å². The SMILES string of the molecule is CCOC(=O)CCn1cc(-c2ccccc2C2CN(C(=O)OC(C)(C)C)Cc3sc(C#N)cc32)c(C(F)(F)F)n1. The Morgan fingerprint density at radius 1 is 1.18 bits per heavy atom. The number of benzene rings is 1. The summed E-state index contributed by atoms with van der Waals surface area (Å²) in [5, 5.41) is 13.3. The smallest absolute Gasteiger partial charge is 0.435 e. The van der Waals surface area contributed by atoms with Crippen molar-refractivity contribution in [1.29, 1.82) is 5.26 Å². The third-order valence-electron chi connectivity index (χ3n) is 6.22. The highest BCUT2D eigenvalue weighted by Crippen LogP contribution is 2.44. The third kappa shape index (κ3) is 6.47. The van der Waals surface area contributed by atoms with Crippen LogP contribution in [0.1, 0.15) is 66.6 Å². The molecule has 8 nitrogen and oxygen atoms in total. The Morgan fingerprint density at radius 2 is 1.90 bits per heavy atom. The molecule has 1 amide bonds. The lowest BCUT2D eigenvalue weighted by Gasteiger charge is -2.35. The Morgan fingerprint density at radius 3 is 2.55 bits per heavy atom. The van der Waals surface area contributed by atoms with Gasteiger partial charge in [0.1, 0.15) is 16.5 Å². The van der Waals surface area contributed by atoms with Gasteiger partial charge in [0.15, 0.2) is 5.69 Å². The minimum absolute atomic E-state index is 0.0832. The molecule has 12 heteroatoms. The van der Waals surface area contributed by atoms with Gasteiger partial charge in [0.05, 0.1) is 26.1 Å². The van der Waals surface area contributed by atoms with Gasteiger partial charge in [0.2, 0.25) is 0 Å². The first-order valence-electron chi connectivity index (χ1n) is 12.7. The Bertz CT molecular complexity index is 1450. The molecule has 1 atom stereocenters. The van der Waals surface area contributed by atoms with Crippen LogP contribution in [0.2, 0.25) is 0 Å². The number of esters is 1. The number of nitrogens with zero attached hydrogens (tertiary/aromatic N) is 4. The summed E-state index contributed by atoms with van der Waals surface area (Å²) in [4.78, 5) is 27.6. The predicted octanol–water partition coefficient (Wildman–Crippen LogP) is 6.34. The van der Waals surface area contributed by atoms with Crippen LogP contribution in [0.4, 0.5) is 18.0 Å². The van der Waals surface area contributed by atoms with Crippen LogP contribution in [0.25, 0.3) is 11.1 Å². The fourth-order valence-electron chi connectivity index (χ4n) is 4.63. The number of carbonyl (C=O) groups excluding carboxylic acids is 2. The maximum atomic E-state index is 14.2. The molecule has 0 spiro atoms. The van der Waals surface area contributed by atoms with Gasteiger partial charge in [-0.2, -0.15) is 23.5 Å². The average Bonchev–Trinajstić information content (AvgIpc) is 3.50. The standard InChI is InChI=1S/C28H29F3N4O4S/c1-5-38-24(36)10-11-35-15-22(25(33-35)28(29,30)31)19-9-7-6-8-18(19)21-14-34(26(37)39-27(2,3)4)16-23-20(21)12-17(13-32)40-23/h6-9,12,15,21H,5,10-11,14,16H2,1-4H3. The summed E-state index contributed by atoms with van der Waals surface area (Å²) in [6.45, 7) is 7.38. The maximum Gasteiger partial charge on any atom is 0.435 e. The van der Waals surface area contributed by atoms with Crippen LogP contribution in [0.5, 0.6) is 0 Å². The van der Waals surface area contributed by atoms with E-state index in [1.807, 2.05) is 0 Å². The van der Waals surface area contributed by atoms with Crippen LogP contribution >= 0.6 is 11.3 Å². The Hall–Kier alpha value is -3.85. The van der Waals surface area contributed by atoms with Crippen molar-refractivity contribution in [3.63, 3.8) is 0 Å². The topological polar surface area (TPSA) is 97.5 Å². The van der Waals surface area contributed by atoms with Crippen LogP contribution < -0.4 is 0 Å². The van der Waals surface area contributed by atoms with E-state index >= 15 is 0 Å². The highest BCUT2D eigenvalue weighted by Gasteiger charge is 2.40. The molecule has 212 valence electrons. The van der Waals surface area contributed by atoms with Crippen LogP contribution in [0.15, 0.2) is 36.5 Å². The first-order valence-corrected chi connectivity index (χ1v) is 13.5. The molecule has 0 fully saturated rings. The Balaban J connectivity index is 1.79. The van der Waals surface area contributed by atoms with E-state index in [9.17, 15) is 28.0 Å². The molecule has 2 aromatic heterocycles. The molecule has 4 rings (SSSR count). The molecule has 40 heavy (non-hydrogen) atoms. The Labute approximate surface area is 233 Å². The normalized spacial score (nSPS) is 15.3. The number of nitriles is 1. The molecule has 0 N–H and O–H groups in total. The lowest BCUT2D eigenvalue weighted by Crippen LogP contribution is -2.41. The van der Waals surface area contributed by atoms with Crippen molar-refractivity contribution >= 4 is 23.4 Å². The second kappa shape index (κ2) is 11.3. The number of amides is 1. The molecule has 0 bridgehead atoms. The zero-order chi connectivity index (χ0) is 29.2. The summed E-state index contributed by atoms with van der Waals surface area (Å²) in [6, 6.07) is 10.5. The quantitative estimate of drug-likeness (QED) is 0.319. The lowest BCUT2D eigenvalue weighted by atomic mass is 9.84. The van der Waals surface area contributed by atoms with E-state index in [2.05, 4.69) is 11.2 Å². The molecule has 3 aromatic rings. The molecule has 0 radical (unpaired) electrons. The van der Waals surface area contributed by atoms with Gasteiger partial charge in [-0.05, 0) is 50.5 Å². The molecule has 1 aromatic carbocycles. The fourth-order valence-corrected chi connectivity index (χ4v) is 5.67. The molecular weight excluding hydrogens is 545 g/mol. The molecule has 3 heterocycles. The summed E-state index contributed by atoms with van der Waals surface area (Å²) in [5.41, 5.74) is -0.321. The zero-order valence-corrected chi connectivity index (χ0v) is 23.4. The highest BCUT2D eigenvalue weighted by atomic mass is 32.1. The second-order valence-electron chi connectivity index (χ2n) is 10.3. The first-order chi connectivity index (χ1) is 18.8. The zero-order valence-electron chi connectivity index (χ0n) is 22.5. The molecule has 1 aliphatic rings. The van der Waals surface area contributed by atoms with Crippen molar-refractivity contribution in [3.8, 4) is 17.2 Å². The van der Waals surface area contributed by atoms with E-state index in [-0.39, 0.29) is 38.2 Å². The van der Waals surface area contributed by atoms with Crippen molar-refractivity contribution < 1.29 is 32.2 Å². The number of thiophene rings is 1. The number of hydrogen-bond acceptors (Lipinski definition) is 7. The van der Waals surface area contributed by atoms with Crippen LogP contribution in [-0.4, -0.2) is 45.5 Å². The van der Waals surface area contributed by atoms with E-state index in [1.165, 1.54) is 22.4 Å². The number of fused-ring (bicyclic) bond motifs is 1. The number of hydrogen-bond donors (Lipinski definition) is 0. The van der Waals surface area contributed by atoms with Gasteiger partial charge < -0.3 is 14.4 Å². The monoisotopic (exact) mass is 574 g/mol. The number of aryl methyl sites for hydroxylation is 1. The molecule has 1 unspecified atom stereocenters. The van der Waals surface area contributed by atoms with Gasteiger partial charge in [-0.25, -0.2) is 4.79 Å². The second-order valence-corrected chi connectivity index (χ2v) is 11.4. The lowest BCUT2D eigenvalue weighted by molar-refractivity contribution is -0.143. The van der Waals surface area contributed by atoms with E-state index in [0.717, 1.165) is 15.1 Å². The van der Waals surface area contributed by atoms with Gasteiger partial charge >= 0.3 is 18.2 Å². The molecule has 0 saturated heterocycles. The van der Waals surface area contributed by atoms with Gasteiger partial charge in [-0.1, -0.05) is 24.3 Å². The van der Waals surface area contributed by atoms with Crippen molar-refractivity contribution in [2.75, 3.05) is 13.2 Å². The van der Waals surface area contributed by atoms with Crippen LogP contribution in [-0.2, 0) is 33.5 Å². The number of carbonyl (C=O) groups is 2. The summed E-state index contributed by atoms with van der Waals surface area (Å²) in [6.07, 6.45) is -4.15. The van der Waals surface area contributed by atoms with Gasteiger partial charge in [0, 0.05) is 29.1 Å². The van der Waals surface area contributed by atoms with E-state index in [1.54, 1.807) is 58.0 Å². The van der Waals surface area contributed by atoms with Gasteiger partial charge in [-0.15, -0.1) is 11.3 Å². The van der Waals surface area contributed by atoms with Crippen molar-refractivity contribution in [2.45, 2.75) is 64.9 Å². The first kappa shape index (κ1) is 29.1. The molecular formula is C28H29F3N4O4S. The number of alkyl halides is 3. The summed E-state index contributed by atoms with van der Waals surface area (Å²) < 4.78 is 54.1.